The molecule has 0 amide bonds. The van der Waals surface area contributed by atoms with E-state index in [0.29, 0.717) is 19.3 Å². The summed E-state index contributed by atoms with van der Waals surface area (Å²) in [4.78, 5) is 37.9. The molecule has 0 saturated heterocycles. The first kappa shape index (κ1) is 69.6. The highest BCUT2D eigenvalue weighted by Crippen LogP contribution is 2.16. The minimum Gasteiger partial charge on any atom is -0.462 e. The molecule has 0 aromatic carbocycles. The Morgan fingerprint density at radius 3 is 0.836 bits per heavy atom. The van der Waals surface area contributed by atoms with Crippen molar-refractivity contribution >= 4 is 17.9 Å². The van der Waals surface area contributed by atoms with Gasteiger partial charge in [-0.3, -0.25) is 14.4 Å². The zero-order valence-electron chi connectivity index (χ0n) is 48.1. The van der Waals surface area contributed by atoms with Gasteiger partial charge < -0.3 is 14.2 Å². The molecule has 0 radical (unpaired) electrons. The zero-order chi connectivity index (χ0) is 52.9. The van der Waals surface area contributed by atoms with Crippen LogP contribution in [0.5, 0.6) is 0 Å². The van der Waals surface area contributed by atoms with E-state index in [1.54, 1.807) is 0 Å². The minimum atomic E-state index is -0.780. The molecule has 1 unspecified atom stereocenters. The van der Waals surface area contributed by atoms with Crippen molar-refractivity contribution in [3.63, 3.8) is 0 Å². The summed E-state index contributed by atoms with van der Waals surface area (Å²) in [5.41, 5.74) is 0. The number of rotatable bonds is 56. The van der Waals surface area contributed by atoms with Gasteiger partial charge in [-0.25, -0.2) is 0 Å². The number of hydrogen-bond donors (Lipinski definition) is 0. The molecule has 0 heterocycles. The van der Waals surface area contributed by atoms with E-state index >= 15 is 0 Å². The fourth-order valence-corrected chi connectivity index (χ4v) is 8.74. The predicted molar refractivity (Wildman–Crippen MR) is 316 cm³/mol. The summed E-state index contributed by atoms with van der Waals surface area (Å²) in [6.07, 6.45) is 80.7. The molecule has 1 atom stereocenters. The third-order valence-corrected chi connectivity index (χ3v) is 13.4. The molecular formula is C67H116O6. The van der Waals surface area contributed by atoms with Gasteiger partial charge in [-0.2, -0.15) is 0 Å². The lowest BCUT2D eigenvalue weighted by atomic mass is 10.0. The van der Waals surface area contributed by atoms with Crippen LogP contribution in [-0.4, -0.2) is 37.2 Å². The molecule has 0 aromatic rings. The SMILES string of the molecule is CC/C=C\C/C=C\C/C=C\C/C=C\CCCCCCCCC(=O)OC(COC(=O)CCCCCCC)COC(=O)CCCCCCCCCCCCCCCCCC/C=C\C/C=C\C/C=C\CCCCCCC. The van der Waals surface area contributed by atoms with Crippen molar-refractivity contribution in [1.82, 2.24) is 0 Å². The zero-order valence-corrected chi connectivity index (χ0v) is 48.1. The molecule has 0 aliphatic rings. The van der Waals surface area contributed by atoms with Crippen molar-refractivity contribution in [2.75, 3.05) is 13.2 Å². The van der Waals surface area contributed by atoms with Gasteiger partial charge in [0.15, 0.2) is 6.10 Å². The summed E-state index contributed by atoms with van der Waals surface area (Å²) in [6.45, 7) is 6.44. The third-order valence-electron chi connectivity index (χ3n) is 13.4. The van der Waals surface area contributed by atoms with Crippen LogP contribution in [0.3, 0.4) is 0 Å². The van der Waals surface area contributed by atoms with E-state index in [1.165, 1.54) is 148 Å². The standard InChI is InChI=1S/C67H116O6/c1-4-7-10-13-15-17-19-21-23-25-27-28-29-30-31-32-33-34-35-36-37-38-40-41-43-45-47-49-51-54-57-60-66(69)72-63-64(62-71-65(68)59-56-53-12-9-6-3)73-67(70)61-58-55-52-50-48-46-44-42-39-26-24-22-20-18-16-14-11-8-5-2/h8,11,16,18-19,21-22,24-25,27,29-30,39,42,64H,4-7,9-10,12-15,17,20,23,26,28,31-38,40-41,43-63H2,1-3H3/b11-8-,18-16-,21-19-,24-22-,27-25-,30-29-,42-39-. The van der Waals surface area contributed by atoms with Gasteiger partial charge in [0.1, 0.15) is 13.2 Å². The van der Waals surface area contributed by atoms with E-state index in [4.69, 9.17) is 14.2 Å². The van der Waals surface area contributed by atoms with Gasteiger partial charge in [-0.1, -0.05) is 273 Å². The van der Waals surface area contributed by atoms with Crippen molar-refractivity contribution in [2.45, 2.75) is 309 Å². The lowest BCUT2D eigenvalue weighted by Crippen LogP contribution is -2.30. The van der Waals surface area contributed by atoms with Gasteiger partial charge >= 0.3 is 17.9 Å². The van der Waals surface area contributed by atoms with Gasteiger partial charge in [-0.15, -0.1) is 0 Å². The summed E-state index contributed by atoms with van der Waals surface area (Å²) in [7, 11) is 0. The van der Waals surface area contributed by atoms with Crippen LogP contribution in [0.1, 0.15) is 303 Å². The molecule has 0 fully saturated rings. The minimum absolute atomic E-state index is 0.0809. The van der Waals surface area contributed by atoms with Crippen molar-refractivity contribution in [3.05, 3.63) is 85.1 Å². The Balaban J connectivity index is 4.01. The monoisotopic (exact) mass is 1020 g/mol. The molecule has 73 heavy (non-hydrogen) atoms. The highest BCUT2D eigenvalue weighted by atomic mass is 16.6. The average Bonchev–Trinajstić information content (AvgIpc) is 3.39. The molecule has 0 rings (SSSR count). The van der Waals surface area contributed by atoms with E-state index in [-0.39, 0.29) is 31.1 Å². The van der Waals surface area contributed by atoms with Crippen molar-refractivity contribution in [3.8, 4) is 0 Å². The summed E-state index contributed by atoms with van der Waals surface area (Å²) < 4.78 is 16.7. The largest absolute Gasteiger partial charge is 0.462 e. The van der Waals surface area contributed by atoms with E-state index in [0.717, 1.165) is 116 Å². The number of ether oxygens (including phenoxy) is 3. The van der Waals surface area contributed by atoms with Crippen LogP contribution in [0, 0.1) is 0 Å². The number of allylic oxidation sites excluding steroid dienone is 14. The Labute approximate surface area is 452 Å². The first-order valence-electron chi connectivity index (χ1n) is 31.1. The number of hydrogen-bond acceptors (Lipinski definition) is 6. The molecule has 6 heteroatoms. The molecule has 0 N–H and O–H groups in total. The van der Waals surface area contributed by atoms with Crippen LogP contribution in [0.15, 0.2) is 85.1 Å². The Hall–Kier alpha value is -3.41. The third kappa shape index (κ3) is 59.3. The lowest BCUT2D eigenvalue weighted by molar-refractivity contribution is -0.167. The summed E-state index contributed by atoms with van der Waals surface area (Å²) in [5, 5.41) is 0. The highest BCUT2D eigenvalue weighted by molar-refractivity contribution is 5.71. The molecule has 0 spiro atoms. The fourth-order valence-electron chi connectivity index (χ4n) is 8.74. The smallest absolute Gasteiger partial charge is 0.306 e. The quantitative estimate of drug-likeness (QED) is 0.0261. The molecule has 6 nitrogen and oxygen atoms in total. The Bertz CT molecular complexity index is 1400. The Morgan fingerprint density at radius 1 is 0.288 bits per heavy atom. The first-order chi connectivity index (χ1) is 36.0. The van der Waals surface area contributed by atoms with Crippen LogP contribution < -0.4 is 0 Å². The van der Waals surface area contributed by atoms with E-state index in [1.807, 2.05) is 0 Å². The summed E-state index contributed by atoms with van der Waals surface area (Å²) >= 11 is 0. The van der Waals surface area contributed by atoms with Gasteiger partial charge in [-0.05, 0) is 96.3 Å². The lowest BCUT2D eigenvalue weighted by Gasteiger charge is -2.18. The number of carbonyl (C=O) groups is 3. The van der Waals surface area contributed by atoms with Gasteiger partial charge in [0.25, 0.3) is 0 Å². The Morgan fingerprint density at radius 2 is 0.534 bits per heavy atom. The Kier molecular flexibility index (Phi) is 58.3. The van der Waals surface area contributed by atoms with Crippen LogP contribution in [0.4, 0.5) is 0 Å². The maximum atomic E-state index is 12.8. The predicted octanol–water partition coefficient (Wildman–Crippen LogP) is 21.1. The van der Waals surface area contributed by atoms with Crippen molar-refractivity contribution in [1.29, 1.82) is 0 Å². The number of unbranched alkanes of at least 4 members (excludes halogenated alkanes) is 31. The molecular weight excluding hydrogens is 901 g/mol. The van der Waals surface area contributed by atoms with E-state index < -0.39 is 6.10 Å². The maximum Gasteiger partial charge on any atom is 0.306 e. The molecule has 0 saturated carbocycles. The second-order valence-corrected chi connectivity index (χ2v) is 20.6. The van der Waals surface area contributed by atoms with E-state index in [9.17, 15) is 14.4 Å². The van der Waals surface area contributed by atoms with Crippen LogP contribution in [0.25, 0.3) is 0 Å². The first-order valence-corrected chi connectivity index (χ1v) is 31.1. The summed E-state index contributed by atoms with van der Waals surface area (Å²) in [5.74, 6) is -0.902. The highest BCUT2D eigenvalue weighted by Gasteiger charge is 2.19. The number of carbonyl (C=O) groups excluding carboxylic acids is 3. The van der Waals surface area contributed by atoms with Crippen LogP contribution in [0.2, 0.25) is 0 Å². The topological polar surface area (TPSA) is 78.9 Å². The summed E-state index contributed by atoms with van der Waals surface area (Å²) in [6, 6.07) is 0. The van der Waals surface area contributed by atoms with Crippen LogP contribution >= 0.6 is 0 Å². The second kappa shape index (κ2) is 61.1. The molecule has 0 bridgehead atoms. The molecule has 420 valence electrons. The molecule has 0 aromatic heterocycles. The van der Waals surface area contributed by atoms with Gasteiger partial charge in [0.2, 0.25) is 0 Å². The maximum absolute atomic E-state index is 12.8. The van der Waals surface area contributed by atoms with Crippen molar-refractivity contribution < 1.29 is 28.6 Å². The van der Waals surface area contributed by atoms with Gasteiger partial charge in [0, 0.05) is 19.3 Å². The fraction of sp³-hybridized carbons (Fsp3) is 0.746. The average molecular weight is 1020 g/mol. The van der Waals surface area contributed by atoms with Crippen molar-refractivity contribution in [2.24, 2.45) is 0 Å². The molecule has 0 aliphatic carbocycles. The van der Waals surface area contributed by atoms with Crippen LogP contribution in [-0.2, 0) is 28.6 Å². The number of esters is 3. The van der Waals surface area contributed by atoms with E-state index in [2.05, 4.69) is 106 Å². The molecule has 0 aliphatic heterocycles. The second-order valence-electron chi connectivity index (χ2n) is 20.6. The normalized spacial score (nSPS) is 12.6. The van der Waals surface area contributed by atoms with Gasteiger partial charge in [0.05, 0.1) is 0 Å².